The van der Waals surface area contributed by atoms with Crippen molar-refractivity contribution in [1.82, 2.24) is 9.62 Å². The number of aryl methyl sites for hydroxylation is 1. The van der Waals surface area contributed by atoms with E-state index in [1.165, 1.54) is 18.2 Å². The van der Waals surface area contributed by atoms with Crippen molar-refractivity contribution < 1.29 is 30.8 Å². The Balaban J connectivity index is 1.61. The quantitative estimate of drug-likeness (QED) is 0.660. The van der Waals surface area contributed by atoms with Crippen molar-refractivity contribution in [2.75, 3.05) is 19.3 Å². The maximum atomic E-state index is 15.9. The third-order valence-electron chi connectivity index (χ3n) is 6.07. The molecule has 1 amide bonds. The van der Waals surface area contributed by atoms with Crippen LogP contribution in [-0.4, -0.2) is 50.8 Å². The standard InChI is InChI=1S/C22H22F4N2O3S/c1-12-6-7-14(13(8-12)20-16(23)4-3-5-17(20)24)22(26)9-15(22)21(29)28-11-18(25)19(28)10-27-32(2,30)31/h3-8,15,18-19,27H,9-11H2,1-2H3/t15-,18+,19+,22+/m0/s1. The van der Waals surface area contributed by atoms with Gasteiger partial charge in [0.2, 0.25) is 15.9 Å². The summed E-state index contributed by atoms with van der Waals surface area (Å²) in [5.74, 6) is -3.49. The highest BCUT2D eigenvalue weighted by Gasteiger charge is 2.64. The van der Waals surface area contributed by atoms with Crippen LogP contribution >= 0.6 is 0 Å². The molecule has 0 bridgehead atoms. The number of alkyl halides is 2. The van der Waals surface area contributed by atoms with E-state index in [-0.39, 0.29) is 36.2 Å². The van der Waals surface area contributed by atoms with E-state index < -0.39 is 51.4 Å². The van der Waals surface area contributed by atoms with Crippen LogP contribution in [0.2, 0.25) is 0 Å². The van der Waals surface area contributed by atoms with Crippen LogP contribution in [0.1, 0.15) is 17.5 Å². The highest BCUT2D eigenvalue weighted by atomic mass is 32.2. The molecule has 0 aromatic heterocycles. The van der Waals surface area contributed by atoms with E-state index in [9.17, 15) is 26.4 Å². The number of carbonyl (C=O) groups excluding carboxylic acids is 1. The van der Waals surface area contributed by atoms with Gasteiger partial charge in [0.1, 0.15) is 23.5 Å². The molecular formula is C22H22F4N2O3S. The maximum Gasteiger partial charge on any atom is 0.229 e. The maximum absolute atomic E-state index is 15.9. The molecule has 1 heterocycles. The molecule has 4 atom stereocenters. The molecule has 0 spiro atoms. The van der Waals surface area contributed by atoms with Gasteiger partial charge in [-0.3, -0.25) is 4.79 Å². The van der Waals surface area contributed by atoms with Gasteiger partial charge < -0.3 is 4.90 Å². The largest absolute Gasteiger partial charge is 0.332 e. The number of carbonyl (C=O) groups is 1. The summed E-state index contributed by atoms with van der Waals surface area (Å²) >= 11 is 0. The average Bonchev–Trinajstić information content (AvgIpc) is 3.37. The van der Waals surface area contributed by atoms with E-state index in [2.05, 4.69) is 4.72 Å². The lowest BCUT2D eigenvalue weighted by Gasteiger charge is -2.44. The number of hydrogen-bond acceptors (Lipinski definition) is 3. The Morgan fingerprint density at radius 1 is 1.22 bits per heavy atom. The molecule has 2 aromatic rings. The van der Waals surface area contributed by atoms with Crippen LogP contribution in [0.15, 0.2) is 36.4 Å². The minimum Gasteiger partial charge on any atom is -0.332 e. The average molecular weight is 470 g/mol. The molecule has 0 radical (unpaired) electrons. The van der Waals surface area contributed by atoms with Crippen LogP contribution in [0.4, 0.5) is 17.6 Å². The fraction of sp³-hybridized carbons (Fsp3) is 0.409. The highest BCUT2D eigenvalue weighted by molar-refractivity contribution is 7.88. The first-order valence-corrected chi connectivity index (χ1v) is 11.9. The number of benzene rings is 2. The van der Waals surface area contributed by atoms with Crippen LogP contribution in [0, 0.1) is 24.5 Å². The van der Waals surface area contributed by atoms with Gasteiger partial charge in [-0.25, -0.2) is 30.7 Å². The molecule has 1 N–H and O–H groups in total. The normalized spacial score (nSPS) is 27.2. The number of sulfonamides is 1. The minimum absolute atomic E-state index is 0.00594. The second-order valence-corrected chi connectivity index (χ2v) is 10.3. The molecule has 5 nitrogen and oxygen atoms in total. The van der Waals surface area contributed by atoms with Gasteiger partial charge in [-0.15, -0.1) is 0 Å². The van der Waals surface area contributed by atoms with Crippen molar-refractivity contribution in [2.24, 2.45) is 5.92 Å². The van der Waals surface area contributed by atoms with Gasteiger partial charge in [0, 0.05) is 13.0 Å². The second-order valence-electron chi connectivity index (χ2n) is 8.46. The Labute approximate surface area is 183 Å². The van der Waals surface area contributed by atoms with Gasteiger partial charge >= 0.3 is 0 Å². The van der Waals surface area contributed by atoms with Crippen molar-refractivity contribution in [1.29, 1.82) is 0 Å². The molecule has 0 unspecified atom stereocenters. The number of hydrogen-bond donors (Lipinski definition) is 1. The molecule has 1 aliphatic carbocycles. The first kappa shape index (κ1) is 22.7. The highest BCUT2D eigenvalue weighted by Crippen LogP contribution is 2.59. The zero-order valence-corrected chi connectivity index (χ0v) is 18.2. The third-order valence-corrected chi connectivity index (χ3v) is 6.76. The number of amides is 1. The summed E-state index contributed by atoms with van der Waals surface area (Å²) in [4.78, 5) is 14.0. The van der Waals surface area contributed by atoms with Crippen LogP contribution in [0.25, 0.3) is 11.1 Å². The Bertz CT molecular complexity index is 1170. The lowest BCUT2D eigenvalue weighted by atomic mass is 9.91. The molecule has 172 valence electrons. The van der Waals surface area contributed by atoms with Crippen molar-refractivity contribution in [3.8, 4) is 11.1 Å². The van der Waals surface area contributed by atoms with E-state index in [4.69, 9.17) is 0 Å². The third kappa shape index (κ3) is 4.01. The van der Waals surface area contributed by atoms with Crippen LogP contribution in [0.5, 0.6) is 0 Å². The zero-order chi connectivity index (χ0) is 23.4. The number of likely N-dealkylation sites (tertiary alicyclic amines) is 1. The van der Waals surface area contributed by atoms with E-state index in [0.29, 0.717) is 5.56 Å². The molecule has 2 aromatic carbocycles. The number of rotatable bonds is 6. The SMILES string of the molecule is Cc1ccc([C@]2(F)C[C@H]2C(=O)N2C[C@@H](F)[C@H]2CNS(C)(=O)=O)c(-c2c(F)cccc2F)c1. The first-order valence-electron chi connectivity index (χ1n) is 10.1. The molecule has 1 aliphatic heterocycles. The van der Waals surface area contributed by atoms with Gasteiger partial charge in [0.05, 0.1) is 30.3 Å². The van der Waals surface area contributed by atoms with Crippen molar-refractivity contribution in [3.63, 3.8) is 0 Å². The van der Waals surface area contributed by atoms with Crippen LogP contribution < -0.4 is 4.72 Å². The van der Waals surface area contributed by atoms with Gasteiger partial charge in [0.15, 0.2) is 0 Å². The summed E-state index contributed by atoms with van der Waals surface area (Å²) in [6.45, 7) is 1.13. The number of nitrogens with one attached hydrogen (secondary N) is 1. The molecule has 1 saturated carbocycles. The topological polar surface area (TPSA) is 66.5 Å². The lowest BCUT2D eigenvalue weighted by Crippen LogP contribution is -2.64. The van der Waals surface area contributed by atoms with Crippen LogP contribution in [0.3, 0.4) is 0 Å². The zero-order valence-electron chi connectivity index (χ0n) is 17.4. The summed E-state index contributed by atoms with van der Waals surface area (Å²) < 4.78 is 83.5. The van der Waals surface area contributed by atoms with Gasteiger partial charge in [-0.1, -0.05) is 29.8 Å². The summed E-state index contributed by atoms with van der Waals surface area (Å²) in [6, 6.07) is 6.82. The Hall–Kier alpha value is -2.46. The molecule has 32 heavy (non-hydrogen) atoms. The van der Waals surface area contributed by atoms with E-state index in [0.717, 1.165) is 23.3 Å². The van der Waals surface area contributed by atoms with Crippen molar-refractivity contribution in [2.45, 2.75) is 31.2 Å². The summed E-state index contributed by atoms with van der Waals surface area (Å²) in [5.41, 5.74) is -1.85. The van der Waals surface area contributed by atoms with E-state index in [1.807, 2.05) is 0 Å². The molecule has 2 aliphatic rings. The smallest absolute Gasteiger partial charge is 0.229 e. The molecule has 4 rings (SSSR count). The van der Waals surface area contributed by atoms with E-state index >= 15 is 4.39 Å². The van der Waals surface area contributed by atoms with Crippen LogP contribution in [-0.2, 0) is 20.5 Å². The van der Waals surface area contributed by atoms with Crippen molar-refractivity contribution in [3.05, 3.63) is 59.2 Å². The predicted octanol–water partition coefficient (Wildman–Crippen LogP) is 3.22. The van der Waals surface area contributed by atoms with E-state index in [1.54, 1.807) is 13.0 Å². The Morgan fingerprint density at radius 3 is 2.47 bits per heavy atom. The predicted molar refractivity (Wildman–Crippen MR) is 111 cm³/mol. The Morgan fingerprint density at radius 2 is 1.88 bits per heavy atom. The van der Waals surface area contributed by atoms with Crippen molar-refractivity contribution >= 4 is 15.9 Å². The minimum atomic E-state index is -3.59. The second kappa shape index (κ2) is 7.84. The summed E-state index contributed by atoms with van der Waals surface area (Å²) in [7, 11) is -3.59. The monoisotopic (exact) mass is 470 g/mol. The molecule has 2 fully saturated rings. The summed E-state index contributed by atoms with van der Waals surface area (Å²) in [6.07, 6.45) is -0.722. The first-order chi connectivity index (χ1) is 14.9. The molecular weight excluding hydrogens is 448 g/mol. The molecule has 10 heteroatoms. The molecule has 1 saturated heterocycles. The fourth-order valence-corrected chi connectivity index (χ4v) is 4.71. The van der Waals surface area contributed by atoms with Gasteiger partial charge in [-0.2, -0.15) is 0 Å². The Kier molecular flexibility index (Phi) is 5.57. The lowest BCUT2D eigenvalue weighted by molar-refractivity contribution is -0.147. The fourth-order valence-electron chi connectivity index (χ4n) is 4.23. The van der Waals surface area contributed by atoms with Gasteiger partial charge in [0.25, 0.3) is 0 Å². The van der Waals surface area contributed by atoms with Gasteiger partial charge in [-0.05, 0) is 30.2 Å². The summed E-state index contributed by atoms with van der Waals surface area (Å²) in [5, 5.41) is 0. The number of nitrogens with zero attached hydrogens (tertiary/aromatic N) is 1. The number of halogens is 4.